The normalized spacial score (nSPS) is 23.1. The molecule has 0 radical (unpaired) electrons. The number of likely N-dealkylation sites (N-methyl/N-ethyl adjacent to an activating group) is 1. The van der Waals surface area contributed by atoms with E-state index >= 15 is 0 Å². The van der Waals surface area contributed by atoms with Gasteiger partial charge in [0, 0.05) is 6.42 Å². The van der Waals surface area contributed by atoms with Crippen LogP contribution in [0, 0.1) is 0 Å². The van der Waals surface area contributed by atoms with Gasteiger partial charge in [-0.3, -0.25) is 4.79 Å². The van der Waals surface area contributed by atoms with Crippen LogP contribution < -0.4 is 15.5 Å². The molecule has 23 heavy (non-hydrogen) atoms. The van der Waals surface area contributed by atoms with E-state index in [1.165, 1.54) is 15.3 Å². The van der Waals surface area contributed by atoms with Gasteiger partial charge in [0.2, 0.25) is 0 Å². The maximum absolute atomic E-state index is 12.5. The Morgan fingerprint density at radius 2 is 2.09 bits per heavy atom. The van der Waals surface area contributed by atoms with Crippen LogP contribution in [0.1, 0.15) is 26.4 Å². The maximum Gasteiger partial charge on any atom is 0.256 e. The van der Waals surface area contributed by atoms with E-state index < -0.39 is 0 Å². The van der Waals surface area contributed by atoms with Gasteiger partial charge in [0.25, 0.3) is 5.91 Å². The third-order valence-corrected chi connectivity index (χ3v) is 5.60. The number of thiophene rings is 1. The van der Waals surface area contributed by atoms with Gasteiger partial charge >= 0.3 is 0 Å². The van der Waals surface area contributed by atoms with Crippen LogP contribution in [0.5, 0.6) is 0 Å². The molecule has 3 heterocycles. The van der Waals surface area contributed by atoms with E-state index in [2.05, 4.69) is 29.8 Å². The second-order valence-electron chi connectivity index (χ2n) is 6.21. The van der Waals surface area contributed by atoms with Gasteiger partial charge in [-0.1, -0.05) is 36.4 Å². The first-order chi connectivity index (χ1) is 11.2. The summed E-state index contributed by atoms with van der Waals surface area (Å²) in [6.07, 6.45) is 4.88. The van der Waals surface area contributed by atoms with Gasteiger partial charge in [-0.25, -0.2) is 0 Å². The minimum Gasteiger partial charge on any atom is -0.353 e. The molecule has 2 atom stereocenters. The zero-order valence-electron chi connectivity index (χ0n) is 13.1. The molecular weight excluding hydrogens is 306 g/mol. The lowest BCUT2D eigenvalue weighted by Crippen LogP contribution is -3.08. The highest BCUT2D eigenvalue weighted by atomic mass is 32.1. The van der Waals surface area contributed by atoms with E-state index in [1.807, 2.05) is 30.4 Å². The van der Waals surface area contributed by atoms with E-state index in [0.717, 1.165) is 35.6 Å². The fourth-order valence-corrected chi connectivity index (χ4v) is 4.62. The van der Waals surface area contributed by atoms with Gasteiger partial charge in [0.1, 0.15) is 17.7 Å². The fraction of sp³-hybridized carbons (Fsp3) is 0.278. The molecule has 1 amide bonds. The minimum absolute atomic E-state index is 0.0542. The summed E-state index contributed by atoms with van der Waals surface area (Å²) < 4.78 is 0. The number of hydrogen-bond acceptors (Lipinski definition) is 3. The lowest BCUT2D eigenvalue weighted by molar-refractivity contribution is -0.895. The van der Waals surface area contributed by atoms with E-state index in [4.69, 9.17) is 0 Å². The highest BCUT2D eigenvalue weighted by Crippen LogP contribution is 2.36. The summed E-state index contributed by atoms with van der Waals surface area (Å²) in [5.74, 6) is 0.0542. The summed E-state index contributed by atoms with van der Waals surface area (Å²) in [4.78, 5) is 15.4. The Labute approximate surface area is 139 Å². The SMILES string of the molecule is C[NH+]1CCc2c(sc3c2C(=O)N[C@H](C=Cc2ccccc2)N3)C1. The van der Waals surface area contributed by atoms with Gasteiger partial charge < -0.3 is 15.5 Å². The Kier molecular flexibility index (Phi) is 3.67. The van der Waals surface area contributed by atoms with Crippen molar-refractivity contribution in [3.63, 3.8) is 0 Å². The molecule has 2 aromatic rings. The van der Waals surface area contributed by atoms with Crippen molar-refractivity contribution in [3.8, 4) is 0 Å². The highest BCUT2D eigenvalue weighted by molar-refractivity contribution is 7.16. The summed E-state index contributed by atoms with van der Waals surface area (Å²) in [5.41, 5.74) is 3.26. The molecule has 0 spiro atoms. The number of carbonyl (C=O) groups is 1. The fourth-order valence-electron chi connectivity index (χ4n) is 3.22. The van der Waals surface area contributed by atoms with Crippen LogP contribution in [0.2, 0.25) is 0 Å². The molecule has 4 rings (SSSR count). The number of carbonyl (C=O) groups excluding carboxylic acids is 1. The first-order valence-corrected chi connectivity index (χ1v) is 8.79. The van der Waals surface area contributed by atoms with Gasteiger partial charge in [0.05, 0.1) is 24.0 Å². The lowest BCUT2D eigenvalue weighted by Gasteiger charge is -2.24. The quantitative estimate of drug-likeness (QED) is 0.783. The Balaban J connectivity index is 1.58. The molecule has 118 valence electrons. The predicted molar refractivity (Wildman–Crippen MR) is 93.8 cm³/mol. The number of benzene rings is 1. The molecule has 2 aliphatic heterocycles. The number of nitrogens with one attached hydrogen (secondary N) is 3. The standard InChI is InChI=1S/C18H19N3OS/c1-21-10-9-13-14(11-21)23-18-16(13)17(22)19-15(20-18)8-7-12-5-3-2-4-6-12/h2-8,15,20H,9-11H2,1H3,(H,19,22)/p+1/t15-/m0/s1. The zero-order valence-corrected chi connectivity index (χ0v) is 13.9. The summed E-state index contributed by atoms with van der Waals surface area (Å²) in [6, 6.07) is 10.1. The number of anilines is 1. The molecule has 1 unspecified atom stereocenters. The summed E-state index contributed by atoms with van der Waals surface area (Å²) >= 11 is 1.74. The van der Waals surface area contributed by atoms with Crippen LogP contribution >= 0.6 is 11.3 Å². The van der Waals surface area contributed by atoms with Crippen molar-refractivity contribution in [1.29, 1.82) is 0 Å². The van der Waals surface area contributed by atoms with Crippen LogP contribution in [-0.2, 0) is 13.0 Å². The molecule has 1 aromatic carbocycles. The molecule has 0 bridgehead atoms. The van der Waals surface area contributed by atoms with Crippen molar-refractivity contribution in [2.75, 3.05) is 18.9 Å². The summed E-state index contributed by atoms with van der Waals surface area (Å²) in [6.45, 7) is 2.12. The Hall–Kier alpha value is -2.11. The van der Waals surface area contributed by atoms with Crippen molar-refractivity contribution in [2.24, 2.45) is 0 Å². The molecule has 3 N–H and O–H groups in total. The molecule has 1 aromatic heterocycles. The van der Waals surface area contributed by atoms with Crippen molar-refractivity contribution >= 4 is 28.3 Å². The topological polar surface area (TPSA) is 45.6 Å². The van der Waals surface area contributed by atoms with Crippen LogP contribution in [0.4, 0.5) is 5.00 Å². The van der Waals surface area contributed by atoms with Crippen LogP contribution in [0.3, 0.4) is 0 Å². The van der Waals surface area contributed by atoms with Crippen LogP contribution in [0.15, 0.2) is 36.4 Å². The second kappa shape index (κ2) is 5.83. The molecule has 2 aliphatic rings. The van der Waals surface area contributed by atoms with E-state index in [-0.39, 0.29) is 12.1 Å². The summed E-state index contributed by atoms with van der Waals surface area (Å²) in [5, 5.41) is 7.54. The Bertz CT molecular complexity index is 766. The van der Waals surface area contributed by atoms with Gasteiger partial charge in [-0.2, -0.15) is 0 Å². The summed E-state index contributed by atoms with van der Waals surface area (Å²) in [7, 11) is 2.21. The van der Waals surface area contributed by atoms with E-state index in [1.54, 1.807) is 11.3 Å². The van der Waals surface area contributed by atoms with E-state index in [0.29, 0.717) is 0 Å². The Morgan fingerprint density at radius 1 is 1.26 bits per heavy atom. The monoisotopic (exact) mass is 326 g/mol. The third-order valence-electron chi connectivity index (χ3n) is 4.44. The average molecular weight is 326 g/mol. The Morgan fingerprint density at radius 3 is 2.91 bits per heavy atom. The molecular formula is C18H20N3OS+. The van der Waals surface area contributed by atoms with Crippen molar-refractivity contribution in [3.05, 3.63) is 58.0 Å². The largest absolute Gasteiger partial charge is 0.353 e. The number of rotatable bonds is 2. The number of quaternary nitrogens is 1. The number of amides is 1. The van der Waals surface area contributed by atoms with Crippen molar-refractivity contribution in [2.45, 2.75) is 19.1 Å². The van der Waals surface area contributed by atoms with E-state index in [9.17, 15) is 4.79 Å². The maximum atomic E-state index is 12.5. The number of fused-ring (bicyclic) bond motifs is 3. The second-order valence-corrected chi connectivity index (χ2v) is 7.31. The first kappa shape index (κ1) is 14.5. The van der Waals surface area contributed by atoms with Gasteiger partial charge in [-0.15, -0.1) is 11.3 Å². The lowest BCUT2D eigenvalue weighted by atomic mass is 10.0. The third kappa shape index (κ3) is 2.78. The van der Waals surface area contributed by atoms with Gasteiger partial charge in [-0.05, 0) is 17.2 Å². The first-order valence-electron chi connectivity index (χ1n) is 7.97. The average Bonchev–Trinajstić information content (AvgIpc) is 2.91. The molecule has 0 saturated heterocycles. The molecule has 0 fully saturated rings. The number of hydrogen-bond donors (Lipinski definition) is 3. The van der Waals surface area contributed by atoms with Gasteiger partial charge in [0.15, 0.2) is 0 Å². The smallest absolute Gasteiger partial charge is 0.256 e. The van der Waals surface area contributed by atoms with Crippen LogP contribution in [-0.4, -0.2) is 25.7 Å². The van der Waals surface area contributed by atoms with Crippen molar-refractivity contribution in [1.82, 2.24) is 5.32 Å². The molecule has 0 aliphatic carbocycles. The van der Waals surface area contributed by atoms with Crippen molar-refractivity contribution < 1.29 is 9.69 Å². The molecule has 5 heteroatoms. The zero-order chi connectivity index (χ0) is 15.8. The molecule has 0 saturated carbocycles. The predicted octanol–water partition coefficient (Wildman–Crippen LogP) is 1.51. The highest BCUT2D eigenvalue weighted by Gasteiger charge is 2.32. The minimum atomic E-state index is -0.152. The molecule has 4 nitrogen and oxygen atoms in total. The van der Waals surface area contributed by atoms with Crippen LogP contribution in [0.25, 0.3) is 6.08 Å².